The van der Waals surface area contributed by atoms with Crippen molar-refractivity contribution in [1.82, 2.24) is 5.01 Å². The molecular weight excluding hydrogens is 168 g/mol. The molecule has 2 fully saturated rings. The quantitative estimate of drug-likeness (QED) is 0.239. The van der Waals surface area contributed by atoms with E-state index in [0.717, 1.165) is 11.4 Å². The minimum Gasteiger partial charge on any atom is -0.273 e. The monoisotopic (exact) mass is 178 g/mol. The van der Waals surface area contributed by atoms with Gasteiger partial charge in [-0.1, -0.05) is 12.2 Å². The number of carbonyl (C=O) groups is 2. The molecule has 0 radical (unpaired) electrons. The highest BCUT2D eigenvalue weighted by Crippen LogP contribution is 2.51. The lowest BCUT2D eigenvalue weighted by molar-refractivity contribution is -0.141. The Morgan fingerprint density at radius 3 is 2.08 bits per heavy atom. The molecule has 0 aromatic heterocycles. The summed E-state index contributed by atoms with van der Waals surface area (Å²) in [6.45, 7) is 0. The van der Waals surface area contributed by atoms with Crippen molar-refractivity contribution in [3.63, 3.8) is 0 Å². The number of nitrogens with two attached hydrogens (primary N) is 1. The van der Waals surface area contributed by atoms with E-state index in [4.69, 9.17) is 5.84 Å². The molecule has 0 aromatic carbocycles. The van der Waals surface area contributed by atoms with E-state index in [-0.39, 0.29) is 35.5 Å². The largest absolute Gasteiger partial charge is 0.273 e. The average Bonchev–Trinajstić information content (AvgIpc) is 2.76. The normalized spacial score (nSPS) is 46.4. The summed E-state index contributed by atoms with van der Waals surface area (Å²) >= 11 is 0. The molecule has 2 amide bonds. The van der Waals surface area contributed by atoms with Crippen molar-refractivity contribution in [3.8, 4) is 0 Å². The molecule has 3 aliphatic rings. The van der Waals surface area contributed by atoms with Crippen molar-refractivity contribution in [2.45, 2.75) is 6.42 Å². The lowest BCUT2D eigenvalue weighted by atomic mass is 9.85. The molecule has 4 nitrogen and oxygen atoms in total. The van der Waals surface area contributed by atoms with Gasteiger partial charge in [0, 0.05) is 0 Å². The summed E-state index contributed by atoms with van der Waals surface area (Å²) < 4.78 is 0. The summed E-state index contributed by atoms with van der Waals surface area (Å²) in [4.78, 5) is 23.1. The molecule has 1 aliphatic heterocycles. The number of hydrazine groups is 1. The molecular formula is C9H10N2O2. The fraction of sp³-hybridized carbons (Fsp3) is 0.556. The standard InChI is InChI=1S/C9H10N2O2/c10-11-8(12)6-4-1-2-5(3-4)7(6)9(11)13/h1-2,4-7H,3,10H2/t4-,5-,6+,7+/m0/s1. The summed E-state index contributed by atoms with van der Waals surface area (Å²) in [5.74, 6) is 5.23. The van der Waals surface area contributed by atoms with Crippen molar-refractivity contribution in [1.29, 1.82) is 0 Å². The second kappa shape index (κ2) is 2.01. The molecule has 2 N–H and O–H groups in total. The predicted octanol–water partition coefficient (Wildman–Crippen LogP) is -0.333. The van der Waals surface area contributed by atoms with Crippen LogP contribution in [-0.2, 0) is 9.59 Å². The van der Waals surface area contributed by atoms with Crippen molar-refractivity contribution in [2.24, 2.45) is 29.5 Å². The van der Waals surface area contributed by atoms with Crippen LogP contribution in [0, 0.1) is 23.7 Å². The number of allylic oxidation sites excluding steroid dienone is 2. The number of nitrogens with zero attached hydrogens (tertiary/aromatic N) is 1. The first-order valence-electron chi connectivity index (χ1n) is 4.51. The minimum atomic E-state index is -0.188. The highest BCUT2D eigenvalue weighted by atomic mass is 16.2. The molecule has 3 rings (SSSR count). The predicted molar refractivity (Wildman–Crippen MR) is 43.8 cm³/mol. The van der Waals surface area contributed by atoms with E-state index in [1.165, 1.54) is 0 Å². The van der Waals surface area contributed by atoms with Gasteiger partial charge in [0.25, 0.3) is 0 Å². The maximum atomic E-state index is 11.5. The number of hydrogen-bond acceptors (Lipinski definition) is 3. The Morgan fingerprint density at radius 1 is 1.15 bits per heavy atom. The second-order valence-corrected chi connectivity index (χ2v) is 4.05. The van der Waals surface area contributed by atoms with Gasteiger partial charge >= 0.3 is 0 Å². The molecule has 4 atom stereocenters. The van der Waals surface area contributed by atoms with Gasteiger partial charge in [-0.15, -0.1) is 0 Å². The van der Waals surface area contributed by atoms with Gasteiger partial charge in [0.2, 0.25) is 11.8 Å². The van der Waals surface area contributed by atoms with Crippen LogP contribution in [0.15, 0.2) is 12.2 Å². The van der Waals surface area contributed by atoms with E-state index in [9.17, 15) is 9.59 Å². The Labute approximate surface area is 75.3 Å². The third-order valence-electron chi connectivity index (χ3n) is 3.50. The van der Waals surface area contributed by atoms with Crippen LogP contribution in [0.1, 0.15) is 6.42 Å². The first kappa shape index (κ1) is 7.26. The fourth-order valence-corrected chi connectivity index (χ4v) is 2.93. The van der Waals surface area contributed by atoms with Gasteiger partial charge in [-0.3, -0.25) is 9.59 Å². The van der Waals surface area contributed by atoms with Crippen molar-refractivity contribution >= 4 is 11.8 Å². The van der Waals surface area contributed by atoms with E-state index in [1.54, 1.807) is 0 Å². The zero-order chi connectivity index (χ0) is 9.16. The van der Waals surface area contributed by atoms with Gasteiger partial charge in [0.1, 0.15) is 0 Å². The first-order chi connectivity index (χ1) is 6.20. The highest BCUT2D eigenvalue weighted by Gasteiger charge is 2.58. The second-order valence-electron chi connectivity index (χ2n) is 4.05. The van der Waals surface area contributed by atoms with Crippen molar-refractivity contribution in [3.05, 3.63) is 12.2 Å². The van der Waals surface area contributed by atoms with Crippen LogP contribution in [-0.4, -0.2) is 16.8 Å². The van der Waals surface area contributed by atoms with Crippen LogP contribution in [0.4, 0.5) is 0 Å². The molecule has 0 spiro atoms. The molecule has 1 heterocycles. The summed E-state index contributed by atoms with van der Waals surface area (Å²) in [6.07, 6.45) is 5.06. The topological polar surface area (TPSA) is 63.4 Å². The molecule has 2 bridgehead atoms. The van der Waals surface area contributed by atoms with E-state index in [0.29, 0.717) is 0 Å². The van der Waals surface area contributed by atoms with Gasteiger partial charge in [0.15, 0.2) is 0 Å². The van der Waals surface area contributed by atoms with Crippen LogP contribution >= 0.6 is 0 Å². The Bertz CT molecular complexity index is 307. The van der Waals surface area contributed by atoms with Crippen molar-refractivity contribution in [2.75, 3.05) is 0 Å². The number of hydrogen-bond donors (Lipinski definition) is 1. The van der Waals surface area contributed by atoms with Crippen LogP contribution < -0.4 is 5.84 Å². The number of imide groups is 1. The van der Waals surface area contributed by atoms with Gasteiger partial charge in [-0.05, 0) is 18.3 Å². The molecule has 0 aromatic rings. The maximum Gasteiger partial charge on any atom is 0.248 e. The van der Waals surface area contributed by atoms with E-state index >= 15 is 0 Å². The molecule has 13 heavy (non-hydrogen) atoms. The summed E-state index contributed by atoms with van der Waals surface area (Å²) in [7, 11) is 0. The Morgan fingerprint density at radius 2 is 1.62 bits per heavy atom. The van der Waals surface area contributed by atoms with Gasteiger partial charge in [-0.25, -0.2) is 10.9 Å². The maximum absolute atomic E-state index is 11.5. The zero-order valence-electron chi connectivity index (χ0n) is 7.01. The molecule has 1 saturated carbocycles. The number of rotatable bonds is 0. The van der Waals surface area contributed by atoms with Crippen LogP contribution in [0.3, 0.4) is 0 Å². The molecule has 4 heteroatoms. The SMILES string of the molecule is NN1C(=O)[C@H]2[C@H](C1=O)[C@H]1C=C[C@H]2C1. The zero-order valence-corrected chi connectivity index (χ0v) is 7.01. The third kappa shape index (κ3) is 0.659. The van der Waals surface area contributed by atoms with E-state index in [1.807, 2.05) is 0 Å². The van der Waals surface area contributed by atoms with E-state index in [2.05, 4.69) is 12.2 Å². The van der Waals surface area contributed by atoms with Gasteiger partial charge in [0.05, 0.1) is 11.8 Å². The average molecular weight is 178 g/mol. The molecule has 1 saturated heterocycles. The Kier molecular flexibility index (Phi) is 1.12. The minimum absolute atomic E-state index is 0.146. The van der Waals surface area contributed by atoms with Gasteiger partial charge in [-0.2, -0.15) is 0 Å². The number of fused-ring (bicyclic) bond motifs is 5. The van der Waals surface area contributed by atoms with E-state index < -0.39 is 0 Å². The summed E-state index contributed by atoms with van der Waals surface area (Å²) in [5, 5.41) is 0.807. The smallest absolute Gasteiger partial charge is 0.248 e. The molecule has 0 unspecified atom stereocenters. The number of amides is 2. The molecule has 2 aliphatic carbocycles. The Balaban J connectivity index is 2.08. The Hall–Kier alpha value is -1.16. The van der Waals surface area contributed by atoms with Crippen molar-refractivity contribution < 1.29 is 9.59 Å². The van der Waals surface area contributed by atoms with Crippen LogP contribution in [0.25, 0.3) is 0 Å². The van der Waals surface area contributed by atoms with Gasteiger partial charge < -0.3 is 0 Å². The first-order valence-corrected chi connectivity index (χ1v) is 4.51. The fourth-order valence-electron chi connectivity index (χ4n) is 2.93. The van der Waals surface area contributed by atoms with Crippen LogP contribution in [0.5, 0.6) is 0 Å². The summed E-state index contributed by atoms with van der Waals surface area (Å²) in [6, 6.07) is 0. The molecule has 68 valence electrons. The lowest BCUT2D eigenvalue weighted by Crippen LogP contribution is -2.38. The highest BCUT2D eigenvalue weighted by molar-refractivity contribution is 6.05. The lowest BCUT2D eigenvalue weighted by Gasteiger charge is -2.14. The van der Waals surface area contributed by atoms with Crippen LogP contribution in [0.2, 0.25) is 0 Å². The third-order valence-corrected chi connectivity index (χ3v) is 3.50. The summed E-state index contributed by atoms with van der Waals surface area (Å²) in [5.41, 5.74) is 0. The number of carbonyl (C=O) groups excluding carboxylic acids is 2.